The maximum Gasteiger partial charge on any atom is 0.320 e. The van der Waals surface area contributed by atoms with E-state index < -0.39 is 0 Å². The zero-order valence-corrected chi connectivity index (χ0v) is 14.9. The highest BCUT2D eigenvalue weighted by Crippen LogP contribution is 2.15. The third kappa shape index (κ3) is 4.52. The van der Waals surface area contributed by atoms with Gasteiger partial charge in [0.2, 0.25) is 5.91 Å². The Labute approximate surface area is 156 Å². The van der Waals surface area contributed by atoms with Crippen LogP contribution in [0.1, 0.15) is 11.1 Å². The van der Waals surface area contributed by atoms with Crippen molar-refractivity contribution in [3.05, 3.63) is 70.5 Å². The van der Waals surface area contributed by atoms with Crippen molar-refractivity contribution >= 4 is 23.5 Å². The Hall–Kier alpha value is -2.60. The van der Waals surface area contributed by atoms with E-state index in [4.69, 9.17) is 11.6 Å². The van der Waals surface area contributed by atoms with E-state index in [9.17, 15) is 14.0 Å². The normalized spacial score (nSPS) is 14.0. The van der Waals surface area contributed by atoms with Crippen molar-refractivity contribution in [2.24, 2.45) is 0 Å². The van der Waals surface area contributed by atoms with E-state index in [1.807, 2.05) is 18.2 Å². The molecule has 0 saturated carbocycles. The number of carbonyl (C=O) groups is 2. The molecule has 1 aliphatic heterocycles. The molecule has 2 aromatic carbocycles. The van der Waals surface area contributed by atoms with Crippen LogP contribution in [0, 0.1) is 5.82 Å². The second-order valence-corrected chi connectivity index (χ2v) is 6.53. The van der Waals surface area contributed by atoms with E-state index in [1.54, 1.807) is 23.1 Å². The molecule has 1 heterocycles. The highest BCUT2D eigenvalue weighted by atomic mass is 35.5. The smallest absolute Gasteiger partial charge is 0.320 e. The van der Waals surface area contributed by atoms with Crippen LogP contribution in [0.5, 0.6) is 0 Å². The molecular weight excluding hydrogens is 357 g/mol. The molecule has 0 aliphatic carbocycles. The van der Waals surface area contributed by atoms with E-state index >= 15 is 0 Å². The Bertz CT molecular complexity index is 798. The molecule has 3 rings (SSSR count). The number of carbonyl (C=O) groups excluding carboxylic acids is 2. The summed E-state index contributed by atoms with van der Waals surface area (Å²) in [4.78, 5) is 27.7. The summed E-state index contributed by atoms with van der Waals surface area (Å²) in [6, 6.07) is 13.1. The van der Waals surface area contributed by atoms with E-state index in [2.05, 4.69) is 5.32 Å². The largest absolute Gasteiger partial charge is 0.350 e. The minimum absolute atomic E-state index is 0.00318. The van der Waals surface area contributed by atoms with Gasteiger partial charge in [0.1, 0.15) is 12.4 Å². The Morgan fingerprint density at radius 2 is 1.77 bits per heavy atom. The van der Waals surface area contributed by atoms with Crippen LogP contribution in [0.3, 0.4) is 0 Å². The van der Waals surface area contributed by atoms with Crippen LogP contribution in [0.15, 0.2) is 48.5 Å². The van der Waals surface area contributed by atoms with Crippen molar-refractivity contribution in [3.63, 3.8) is 0 Å². The van der Waals surface area contributed by atoms with Gasteiger partial charge >= 0.3 is 6.03 Å². The van der Waals surface area contributed by atoms with Crippen LogP contribution in [0.2, 0.25) is 5.02 Å². The number of amides is 3. The molecule has 0 unspecified atom stereocenters. The number of benzene rings is 2. The summed E-state index contributed by atoms with van der Waals surface area (Å²) in [5, 5.41) is 3.37. The molecule has 0 bridgehead atoms. The van der Waals surface area contributed by atoms with Crippen LogP contribution in [0.4, 0.5) is 9.18 Å². The third-order valence-electron chi connectivity index (χ3n) is 4.24. The lowest BCUT2D eigenvalue weighted by Crippen LogP contribution is -2.39. The zero-order chi connectivity index (χ0) is 18.5. The number of rotatable bonds is 6. The fourth-order valence-corrected chi connectivity index (χ4v) is 3.00. The van der Waals surface area contributed by atoms with Crippen LogP contribution in [-0.4, -0.2) is 41.4 Å². The molecule has 0 spiro atoms. The first-order valence-corrected chi connectivity index (χ1v) is 8.69. The average Bonchev–Trinajstić information content (AvgIpc) is 2.96. The van der Waals surface area contributed by atoms with Gasteiger partial charge in [0, 0.05) is 31.2 Å². The fourth-order valence-electron chi connectivity index (χ4n) is 2.80. The molecule has 1 aliphatic rings. The zero-order valence-electron chi connectivity index (χ0n) is 14.1. The molecule has 2 aromatic rings. The molecule has 7 heteroatoms. The van der Waals surface area contributed by atoms with Crippen LogP contribution in [0.25, 0.3) is 0 Å². The Balaban J connectivity index is 1.49. The Morgan fingerprint density at radius 3 is 2.50 bits per heavy atom. The Morgan fingerprint density at radius 1 is 1.08 bits per heavy atom. The predicted octanol–water partition coefficient (Wildman–Crippen LogP) is 3.03. The van der Waals surface area contributed by atoms with Gasteiger partial charge in [-0.15, -0.1) is 0 Å². The molecular formula is C19H19ClFN3O2. The first kappa shape index (κ1) is 18.2. The number of hydrogen-bond donors (Lipinski definition) is 1. The summed E-state index contributed by atoms with van der Waals surface area (Å²) in [5.74, 6) is -0.541. The van der Waals surface area contributed by atoms with Gasteiger partial charge in [0.15, 0.2) is 0 Å². The van der Waals surface area contributed by atoms with Crippen molar-refractivity contribution in [2.75, 3.05) is 19.6 Å². The lowest BCUT2D eigenvalue weighted by Gasteiger charge is -2.18. The summed E-state index contributed by atoms with van der Waals surface area (Å²) < 4.78 is 13.0. The van der Waals surface area contributed by atoms with Gasteiger partial charge in [-0.2, -0.15) is 0 Å². The molecule has 0 aromatic heterocycles. The lowest BCUT2D eigenvalue weighted by molar-refractivity contribution is -0.121. The number of urea groups is 1. The second-order valence-electron chi connectivity index (χ2n) is 6.12. The standard InChI is InChI=1S/C19H19ClFN3O2/c20-17-4-2-1-3-15(17)11-22-18(25)13-24-10-9-23(19(24)26)12-14-5-7-16(21)8-6-14/h1-8H,9-13H2,(H,22,25). The van der Waals surface area contributed by atoms with Gasteiger partial charge in [0.25, 0.3) is 0 Å². The quantitative estimate of drug-likeness (QED) is 0.843. The minimum Gasteiger partial charge on any atom is -0.350 e. The number of hydrogen-bond acceptors (Lipinski definition) is 2. The number of nitrogens with one attached hydrogen (secondary N) is 1. The van der Waals surface area contributed by atoms with Crippen molar-refractivity contribution in [1.29, 1.82) is 0 Å². The molecule has 1 saturated heterocycles. The van der Waals surface area contributed by atoms with Crippen LogP contribution >= 0.6 is 11.6 Å². The van der Waals surface area contributed by atoms with Gasteiger partial charge in [-0.25, -0.2) is 9.18 Å². The molecule has 0 radical (unpaired) electrons. The molecule has 1 N–H and O–H groups in total. The van der Waals surface area contributed by atoms with E-state index in [0.29, 0.717) is 31.2 Å². The van der Waals surface area contributed by atoms with Crippen molar-refractivity contribution in [1.82, 2.24) is 15.1 Å². The van der Waals surface area contributed by atoms with Gasteiger partial charge < -0.3 is 15.1 Å². The molecule has 5 nitrogen and oxygen atoms in total. The minimum atomic E-state index is -0.307. The fraction of sp³-hybridized carbons (Fsp3) is 0.263. The molecule has 3 amide bonds. The van der Waals surface area contributed by atoms with Gasteiger partial charge in [-0.3, -0.25) is 4.79 Å². The summed E-state index contributed by atoms with van der Waals surface area (Å²) in [7, 11) is 0. The van der Waals surface area contributed by atoms with Crippen LogP contribution in [-0.2, 0) is 17.9 Å². The first-order valence-electron chi connectivity index (χ1n) is 8.31. The number of nitrogens with zero attached hydrogens (tertiary/aromatic N) is 2. The van der Waals surface area contributed by atoms with Crippen molar-refractivity contribution in [2.45, 2.75) is 13.1 Å². The maximum atomic E-state index is 13.0. The molecule has 1 fully saturated rings. The van der Waals surface area contributed by atoms with Crippen molar-refractivity contribution < 1.29 is 14.0 Å². The maximum absolute atomic E-state index is 13.0. The Kier molecular flexibility index (Phi) is 5.73. The van der Waals surface area contributed by atoms with E-state index in [1.165, 1.54) is 17.0 Å². The van der Waals surface area contributed by atoms with Crippen LogP contribution < -0.4 is 5.32 Å². The first-order chi connectivity index (χ1) is 12.5. The second kappa shape index (κ2) is 8.19. The van der Waals surface area contributed by atoms with Gasteiger partial charge in [-0.1, -0.05) is 41.9 Å². The summed E-state index contributed by atoms with van der Waals surface area (Å²) in [6.07, 6.45) is 0. The monoisotopic (exact) mass is 375 g/mol. The third-order valence-corrected chi connectivity index (χ3v) is 4.60. The predicted molar refractivity (Wildman–Crippen MR) is 97.1 cm³/mol. The van der Waals surface area contributed by atoms with E-state index in [0.717, 1.165) is 11.1 Å². The average molecular weight is 376 g/mol. The highest BCUT2D eigenvalue weighted by Gasteiger charge is 2.29. The highest BCUT2D eigenvalue weighted by molar-refractivity contribution is 6.31. The topological polar surface area (TPSA) is 52.7 Å². The summed E-state index contributed by atoms with van der Waals surface area (Å²) >= 11 is 6.06. The summed E-state index contributed by atoms with van der Waals surface area (Å²) in [5.41, 5.74) is 1.68. The molecule has 0 atom stereocenters. The van der Waals surface area contributed by atoms with E-state index in [-0.39, 0.29) is 24.3 Å². The van der Waals surface area contributed by atoms with Gasteiger partial charge in [0.05, 0.1) is 0 Å². The van der Waals surface area contributed by atoms with Crippen molar-refractivity contribution in [3.8, 4) is 0 Å². The number of halogens is 2. The lowest BCUT2D eigenvalue weighted by atomic mass is 10.2. The SMILES string of the molecule is O=C(CN1CCN(Cc2ccc(F)cc2)C1=O)NCc1ccccc1Cl. The molecule has 136 valence electrons. The molecule has 26 heavy (non-hydrogen) atoms. The summed E-state index contributed by atoms with van der Waals surface area (Å²) in [6.45, 7) is 1.74. The van der Waals surface area contributed by atoms with Gasteiger partial charge in [-0.05, 0) is 29.3 Å².